The van der Waals surface area contributed by atoms with E-state index in [1.807, 2.05) is 43.3 Å². The van der Waals surface area contributed by atoms with E-state index in [2.05, 4.69) is 28.8 Å². The predicted molar refractivity (Wildman–Crippen MR) is 104 cm³/mol. The molecule has 3 aromatic rings. The number of amides is 1. The molecule has 0 unspecified atom stereocenters. The van der Waals surface area contributed by atoms with Gasteiger partial charge in [0.1, 0.15) is 5.75 Å². The summed E-state index contributed by atoms with van der Waals surface area (Å²) >= 11 is 0. The molecule has 1 heterocycles. The van der Waals surface area contributed by atoms with E-state index in [0.29, 0.717) is 5.56 Å². The molecule has 0 aliphatic rings. The third kappa shape index (κ3) is 3.64. The molecule has 0 saturated carbocycles. The molecule has 0 spiro atoms. The Bertz CT molecular complexity index is 898. The van der Waals surface area contributed by atoms with Gasteiger partial charge in [0.05, 0.1) is 18.4 Å². The Morgan fingerprint density at radius 2 is 1.77 bits per heavy atom. The van der Waals surface area contributed by atoms with Crippen molar-refractivity contribution in [1.29, 1.82) is 0 Å². The molecule has 0 saturated heterocycles. The van der Waals surface area contributed by atoms with Crippen LogP contribution in [0.4, 0.5) is 0 Å². The van der Waals surface area contributed by atoms with Gasteiger partial charge in [-0.2, -0.15) is 0 Å². The summed E-state index contributed by atoms with van der Waals surface area (Å²) in [5.41, 5.74) is 10.3. The minimum Gasteiger partial charge on any atom is -0.496 e. The second kappa shape index (κ2) is 7.91. The van der Waals surface area contributed by atoms with E-state index < -0.39 is 5.91 Å². The Morgan fingerprint density at radius 1 is 1.08 bits per heavy atom. The number of benzene rings is 2. The highest BCUT2D eigenvalue weighted by Gasteiger charge is 2.18. The molecule has 0 radical (unpaired) electrons. The Balaban J connectivity index is 1.93. The minimum absolute atomic E-state index is 0.402. The number of aryl methyl sites for hydroxylation is 1. The number of primary amides is 1. The molecule has 0 fully saturated rings. The number of para-hydroxylation sites is 1. The van der Waals surface area contributed by atoms with Crippen molar-refractivity contribution in [3.63, 3.8) is 0 Å². The molecule has 3 rings (SSSR count). The smallest absolute Gasteiger partial charge is 0.250 e. The van der Waals surface area contributed by atoms with Crippen molar-refractivity contribution in [2.24, 2.45) is 5.73 Å². The fourth-order valence-electron chi connectivity index (χ4n) is 3.35. The van der Waals surface area contributed by atoms with Crippen molar-refractivity contribution < 1.29 is 9.53 Å². The average molecular weight is 348 g/mol. The summed E-state index contributed by atoms with van der Waals surface area (Å²) in [6.45, 7) is 2.75. The van der Waals surface area contributed by atoms with Crippen LogP contribution in [0, 0.1) is 6.92 Å². The summed E-state index contributed by atoms with van der Waals surface area (Å²) in [5, 5.41) is 0. The summed E-state index contributed by atoms with van der Waals surface area (Å²) in [5.74, 6) is 0.380. The summed E-state index contributed by atoms with van der Waals surface area (Å²) in [7, 11) is 1.66. The van der Waals surface area contributed by atoms with Crippen LogP contribution < -0.4 is 10.5 Å². The number of nitrogens with zero attached hydrogens (tertiary/aromatic N) is 1. The lowest BCUT2D eigenvalue weighted by Crippen LogP contribution is -2.12. The molecular formula is C22H24N2O2. The quantitative estimate of drug-likeness (QED) is 0.695. The van der Waals surface area contributed by atoms with Crippen molar-refractivity contribution >= 4 is 5.91 Å². The van der Waals surface area contributed by atoms with Crippen molar-refractivity contribution in [1.82, 2.24) is 4.57 Å². The highest BCUT2D eigenvalue weighted by molar-refractivity contribution is 5.96. The van der Waals surface area contributed by atoms with Crippen LogP contribution in [0.15, 0.2) is 60.7 Å². The van der Waals surface area contributed by atoms with Gasteiger partial charge in [-0.3, -0.25) is 4.79 Å². The van der Waals surface area contributed by atoms with Gasteiger partial charge in [-0.05, 0) is 43.5 Å². The third-order valence-corrected chi connectivity index (χ3v) is 4.70. The Kier molecular flexibility index (Phi) is 5.42. The normalized spacial score (nSPS) is 10.7. The Labute approximate surface area is 154 Å². The lowest BCUT2D eigenvalue weighted by molar-refractivity contribution is 0.0999. The van der Waals surface area contributed by atoms with Crippen molar-refractivity contribution in [3.8, 4) is 17.0 Å². The van der Waals surface area contributed by atoms with Crippen molar-refractivity contribution in [2.45, 2.75) is 26.3 Å². The maximum absolute atomic E-state index is 11.8. The van der Waals surface area contributed by atoms with Gasteiger partial charge in [0.15, 0.2) is 0 Å². The Hall–Kier alpha value is -3.01. The number of hydrogen-bond donors (Lipinski definition) is 1. The summed E-state index contributed by atoms with van der Waals surface area (Å²) in [6, 6.07) is 20.1. The van der Waals surface area contributed by atoms with Gasteiger partial charge in [0.2, 0.25) is 0 Å². The van der Waals surface area contributed by atoms with E-state index in [9.17, 15) is 4.79 Å². The van der Waals surface area contributed by atoms with E-state index in [1.54, 1.807) is 7.11 Å². The monoisotopic (exact) mass is 348 g/mol. The number of ether oxygens (including phenoxy) is 1. The number of carbonyl (C=O) groups excluding carboxylic acids is 1. The first-order chi connectivity index (χ1) is 12.6. The number of rotatable bonds is 7. The van der Waals surface area contributed by atoms with Crippen LogP contribution >= 0.6 is 0 Å². The topological polar surface area (TPSA) is 57.2 Å². The summed E-state index contributed by atoms with van der Waals surface area (Å²) in [6.07, 6.45) is 1.95. The number of hydrogen-bond acceptors (Lipinski definition) is 2. The maximum Gasteiger partial charge on any atom is 0.250 e. The van der Waals surface area contributed by atoms with Crippen LogP contribution in [0.3, 0.4) is 0 Å². The first kappa shape index (κ1) is 17.8. The van der Waals surface area contributed by atoms with Gasteiger partial charge in [0.25, 0.3) is 5.91 Å². The first-order valence-electron chi connectivity index (χ1n) is 8.79. The van der Waals surface area contributed by atoms with E-state index >= 15 is 0 Å². The van der Waals surface area contributed by atoms with Gasteiger partial charge in [0, 0.05) is 17.8 Å². The molecule has 4 nitrogen and oxygen atoms in total. The number of aromatic nitrogens is 1. The molecular weight excluding hydrogens is 324 g/mol. The van der Waals surface area contributed by atoms with Crippen LogP contribution in [-0.2, 0) is 13.0 Å². The van der Waals surface area contributed by atoms with Crippen LogP contribution in [0.25, 0.3) is 11.3 Å². The van der Waals surface area contributed by atoms with E-state index in [4.69, 9.17) is 10.5 Å². The highest BCUT2D eigenvalue weighted by atomic mass is 16.5. The molecule has 26 heavy (non-hydrogen) atoms. The molecule has 1 amide bonds. The van der Waals surface area contributed by atoms with Crippen LogP contribution in [0.5, 0.6) is 5.75 Å². The molecule has 0 atom stereocenters. The van der Waals surface area contributed by atoms with Crippen molar-refractivity contribution in [3.05, 3.63) is 77.5 Å². The maximum atomic E-state index is 11.8. The molecule has 2 aromatic carbocycles. The number of carbonyl (C=O) groups is 1. The molecule has 0 aliphatic heterocycles. The van der Waals surface area contributed by atoms with Gasteiger partial charge < -0.3 is 15.0 Å². The van der Waals surface area contributed by atoms with Crippen LogP contribution in [-0.4, -0.2) is 17.6 Å². The largest absolute Gasteiger partial charge is 0.496 e. The van der Waals surface area contributed by atoms with E-state index in [0.717, 1.165) is 42.1 Å². The fourth-order valence-corrected chi connectivity index (χ4v) is 3.35. The van der Waals surface area contributed by atoms with Gasteiger partial charge >= 0.3 is 0 Å². The van der Waals surface area contributed by atoms with Gasteiger partial charge in [-0.25, -0.2) is 0 Å². The SMILES string of the molecule is COc1ccccc1-c1cc(C(N)=O)c(C)n1CCCc1ccccc1. The zero-order valence-corrected chi connectivity index (χ0v) is 15.2. The number of methoxy groups -OCH3 is 1. The molecule has 0 bridgehead atoms. The number of nitrogens with two attached hydrogens (primary N) is 1. The predicted octanol–water partition coefficient (Wildman–Crippen LogP) is 4.20. The lowest BCUT2D eigenvalue weighted by atomic mass is 10.1. The summed E-state index contributed by atoms with van der Waals surface area (Å²) in [4.78, 5) is 11.8. The van der Waals surface area contributed by atoms with Gasteiger partial charge in [-0.1, -0.05) is 42.5 Å². The molecule has 2 N–H and O–H groups in total. The van der Waals surface area contributed by atoms with Crippen LogP contribution in [0.1, 0.15) is 28.0 Å². The van der Waals surface area contributed by atoms with E-state index in [-0.39, 0.29) is 0 Å². The zero-order chi connectivity index (χ0) is 18.5. The van der Waals surface area contributed by atoms with Crippen molar-refractivity contribution in [2.75, 3.05) is 7.11 Å². The Morgan fingerprint density at radius 3 is 2.46 bits per heavy atom. The molecule has 1 aromatic heterocycles. The molecule has 134 valence electrons. The summed E-state index contributed by atoms with van der Waals surface area (Å²) < 4.78 is 7.68. The zero-order valence-electron chi connectivity index (χ0n) is 15.2. The first-order valence-corrected chi connectivity index (χ1v) is 8.79. The average Bonchev–Trinajstić information content (AvgIpc) is 2.99. The second-order valence-corrected chi connectivity index (χ2v) is 6.33. The third-order valence-electron chi connectivity index (χ3n) is 4.70. The lowest BCUT2D eigenvalue weighted by Gasteiger charge is -2.14. The molecule has 4 heteroatoms. The molecule has 0 aliphatic carbocycles. The van der Waals surface area contributed by atoms with Gasteiger partial charge in [-0.15, -0.1) is 0 Å². The van der Waals surface area contributed by atoms with E-state index in [1.165, 1.54) is 5.56 Å². The fraction of sp³-hybridized carbons (Fsp3) is 0.227. The second-order valence-electron chi connectivity index (χ2n) is 6.33. The minimum atomic E-state index is -0.402. The highest BCUT2D eigenvalue weighted by Crippen LogP contribution is 2.33. The standard InChI is InChI=1S/C22H24N2O2/c1-16-19(22(23)25)15-20(18-12-6-7-13-21(18)26-2)24(16)14-8-11-17-9-4-3-5-10-17/h3-7,9-10,12-13,15H,8,11,14H2,1-2H3,(H2,23,25). The van der Waals surface area contributed by atoms with Crippen LogP contribution in [0.2, 0.25) is 0 Å².